The lowest BCUT2D eigenvalue weighted by Crippen LogP contribution is -2.24. The highest BCUT2D eigenvalue weighted by atomic mass is 15.0. The fourth-order valence-electron chi connectivity index (χ4n) is 1.62. The fraction of sp³-hybridized carbons (Fsp3) is 0.364. The van der Waals surface area contributed by atoms with E-state index >= 15 is 0 Å². The van der Waals surface area contributed by atoms with Crippen LogP contribution in [0.5, 0.6) is 0 Å². The molecule has 0 spiro atoms. The molecule has 4 heteroatoms. The predicted octanol–water partition coefficient (Wildman–Crippen LogP) is 1.07. The Balaban J connectivity index is 2.41. The monoisotopic (exact) mass is 204 g/mol. The molecule has 2 aromatic rings. The summed E-state index contributed by atoms with van der Waals surface area (Å²) >= 11 is 0. The summed E-state index contributed by atoms with van der Waals surface area (Å²) in [6.07, 6.45) is 4.72. The maximum absolute atomic E-state index is 5.86. The number of nitrogen functional groups attached to an aromatic ring is 1. The van der Waals surface area contributed by atoms with Crippen LogP contribution in [0.15, 0.2) is 24.5 Å². The number of likely N-dealkylation sites (N-methyl/N-ethyl adjacent to an activating group) is 1. The molecule has 4 nitrogen and oxygen atoms in total. The highest BCUT2D eigenvalue weighted by Gasteiger charge is 2.08. The van der Waals surface area contributed by atoms with E-state index in [4.69, 9.17) is 5.73 Å². The number of rotatable bonds is 3. The zero-order chi connectivity index (χ0) is 10.8. The lowest BCUT2D eigenvalue weighted by Gasteiger charge is -2.09. The second-order valence-corrected chi connectivity index (χ2v) is 3.79. The Morgan fingerprint density at radius 1 is 1.60 bits per heavy atom. The number of pyridine rings is 1. The van der Waals surface area contributed by atoms with Gasteiger partial charge in [0.15, 0.2) is 0 Å². The van der Waals surface area contributed by atoms with Crippen LogP contribution in [0.1, 0.15) is 12.7 Å². The Bertz CT molecular complexity index is 461. The molecule has 0 aromatic carbocycles. The molecular weight excluding hydrogens is 188 g/mol. The largest absolute Gasteiger partial charge is 0.397 e. The SMILES string of the molecule is CNC(C)Cc1ncc2c(N)cccn12. The van der Waals surface area contributed by atoms with Crippen LogP contribution in [-0.4, -0.2) is 22.5 Å². The van der Waals surface area contributed by atoms with Crippen LogP contribution in [0.2, 0.25) is 0 Å². The van der Waals surface area contributed by atoms with Crippen LogP contribution in [-0.2, 0) is 6.42 Å². The molecule has 2 heterocycles. The minimum Gasteiger partial charge on any atom is -0.397 e. The molecule has 0 saturated heterocycles. The van der Waals surface area contributed by atoms with E-state index in [2.05, 4.69) is 17.2 Å². The topological polar surface area (TPSA) is 55.3 Å². The summed E-state index contributed by atoms with van der Waals surface area (Å²) in [5.41, 5.74) is 7.61. The highest BCUT2D eigenvalue weighted by Crippen LogP contribution is 2.15. The quantitative estimate of drug-likeness (QED) is 0.786. The highest BCUT2D eigenvalue weighted by molar-refractivity contribution is 5.68. The summed E-state index contributed by atoms with van der Waals surface area (Å²) in [6, 6.07) is 4.25. The molecular formula is C11H16N4. The average Bonchev–Trinajstić information content (AvgIpc) is 2.63. The maximum Gasteiger partial charge on any atom is 0.114 e. The number of nitrogens with one attached hydrogen (secondary N) is 1. The van der Waals surface area contributed by atoms with Crippen molar-refractivity contribution in [2.45, 2.75) is 19.4 Å². The zero-order valence-corrected chi connectivity index (χ0v) is 9.07. The maximum atomic E-state index is 5.86. The van der Waals surface area contributed by atoms with Crippen molar-refractivity contribution in [2.75, 3.05) is 12.8 Å². The molecule has 2 rings (SSSR count). The normalized spacial score (nSPS) is 13.2. The average molecular weight is 204 g/mol. The number of hydrogen-bond donors (Lipinski definition) is 2. The molecule has 3 N–H and O–H groups in total. The first kappa shape index (κ1) is 9.98. The fourth-order valence-corrected chi connectivity index (χ4v) is 1.62. The zero-order valence-electron chi connectivity index (χ0n) is 9.07. The number of fused-ring (bicyclic) bond motifs is 1. The minimum atomic E-state index is 0.414. The second-order valence-electron chi connectivity index (χ2n) is 3.79. The third-order valence-electron chi connectivity index (χ3n) is 2.66. The van der Waals surface area contributed by atoms with Crippen LogP contribution in [0.4, 0.5) is 5.69 Å². The molecule has 15 heavy (non-hydrogen) atoms. The summed E-state index contributed by atoms with van der Waals surface area (Å²) in [7, 11) is 1.95. The van der Waals surface area contributed by atoms with E-state index in [9.17, 15) is 0 Å². The number of nitrogens with zero attached hydrogens (tertiary/aromatic N) is 2. The summed E-state index contributed by atoms with van der Waals surface area (Å²) < 4.78 is 2.04. The van der Waals surface area contributed by atoms with E-state index in [1.54, 1.807) is 0 Å². The van der Waals surface area contributed by atoms with Crippen LogP contribution < -0.4 is 11.1 Å². The first-order chi connectivity index (χ1) is 7.22. The van der Waals surface area contributed by atoms with Gasteiger partial charge in [0.25, 0.3) is 0 Å². The molecule has 1 atom stereocenters. The smallest absolute Gasteiger partial charge is 0.114 e. The Morgan fingerprint density at radius 3 is 3.13 bits per heavy atom. The van der Waals surface area contributed by atoms with Crippen molar-refractivity contribution in [3.63, 3.8) is 0 Å². The lowest BCUT2D eigenvalue weighted by molar-refractivity contribution is 0.590. The van der Waals surface area contributed by atoms with Crippen LogP contribution >= 0.6 is 0 Å². The van der Waals surface area contributed by atoms with Crippen molar-refractivity contribution in [3.8, 4) is 0 Å². The Labute approximate surface area is 89.1 Å². The molecule has 0 fully saturated rings. The summed E-state index contributed by atoms with van der Waals surface area (Å²) in [5.74, 6) is 1.04. The summed E-state index contributed by atoms with van der Waals surface area (Å²) in [4.78, 5) is 4.39. The molecule has 1 unspecified atom stereocenters. The number of hydrogen-bond acceptors (Lipinski definition) is 3. The predicted molar refractivity (Wildman–Crippen MR) is 61.8 cm³/mol. The third-order valence-corrected chi connectivity index (χ3v) is 2.66. The van der Waals surface area contributed by atoms with Gasteiger partial charge in [-0.1, -0.05) is 0 Å². The first-order valence-electron chi connectivity index (χ1n) is 5.10. The van der Waals surface area contributed by atoms with Crippen molar-refractivity contribution >= 4 is 11.2 Å². The van der Waals surface area contributed by atoms with Gasteiger partial charge >= 0.3 is 0 Å². The van der Waals surface area contributed by atoms with Crippen molar-refractivity contribution in [2.24, 2.45) is 0 Å². The molecule has 0 amide bonds. The van der Waals surface area contributed by atoms with Gasteiger partial charge in [-0.25, -0.2) is 4.98 Å². The summed E-state index contributed by atoms with van der Waals surface area (Å²) in [5, 5.41) is 3.20. The molecule has 2 aromatic heterocycles. The van der Waals surface area contributed by atoms with Crippen LogP contribution in [0.3, 0.4) is 0 Å². The number of imidazole rings is 1. The van der Waals surface area contributed by atoms with E-state index in [-0.39, 0.29) is 0 Å². The van der Waals surface area contributed by atoms with E-state index in [0.717, 1.165) is 23.4 Å². The molecule has 0 aliphatic rings. The van der Waals surface area contributed by atoms with Gasteiger partial charge < -0.3 is 15.5 Å². The molecule has 0 saturated carbocycles. The van der Waals surface area contributed by atoms with Gasteiger partial charge in [-0.15, -0.1) is 0 Å². The first-order valence-corrected chi connectivity index (χ1v) is 5.10. The van der Waals surface area contributed by atoms with Crippen molar-refractivity contribution < 1.29 is 0 Å². The number of nitrogens with two attached hydrogens (primary N) is 1. The van der Waals surface area contributed by atoms with Gasteiger partial charge in [-0.05, 0) is 26.1 Å². The van der Waals surface area contributed by atoms with E-state index in [1.807, 2.05) is 36.0 Å². The Morgan fingerprint density at radius 2 is 2.40 bits per heavy atom. The number of anilines is 1. The van der Waals surface area contributed by atoms with Crippen LogP contribution in [0, 0.1) is 0 Å². The minimum absolute atomic E-state index is 0.414. The molecule has 0 aliphatic heterocycles. The Kier molecular flexibility index (Phi) is 2.60. The third kappa shape index (κ3) is 1.80. The van der Waals surface area contributed by atoms with Gasteiger partial charge in [-0.2, -0.15) is 0 Å². The molecule has 0 bridgehead atoms. The molecule has 0 radical (unpaired) electrons. The van der Waals surface area contributed by atoms with Gasteiger partial charge in [0.05, 0.1) is 17.4 Å². The van der Waals surface area contributed by atoms with Gasteiger partial charge in [0.2, 0.25) is 0 Å². The van der Waals surface area contributed by atoms with Crippen molar-refractivity contribution in [1.29, 1.82) is 0 Å². The van der Waals surface area contributed by atoms with Crippen molar-refractivity contribution in [1.82, 2.24) is 14.7 Å². The van der Waals surface area contributed by atoms with Gasteiger partial charge in [-0.3, -0.25) is 0 Å². The van der Waals surface area contributed by atoms with E-state index < -0.39 is 0 Å². The van der Waals surface area contributed by atoms with Crippen molar-refractivity contribution in [3.05, 3.63) is 30.4 Å². The molecule has 0 aliphatic carbocycles. The van der Waals surface area contributed by atoms with E-state index in [1.165, 1.54) is 0 Å². The summed E-state index contributed by atoms with van der Waals surface area (Å²) in [6.45, 7) is 2.13. The second kappa shape index (κ2) is 3.90. The lowest BCUT2D eigenvalue weighted by atomic mass is 10.2. The standard InChI is InChI=1S/C11H16N4/c1-8(13-2)6-11-14-7-10-9(12)4-3-5-15(10)11/h3-5,7-8,13H,6,12H2,1-2H3. The van der Waals surface area contributed by atoms with E-state index in [0.29, 0.717) is 6.04 Å². The Hall–Kier alpha value is -1.55. The van der Waals surface area contributed by atoms with Gasteiger partial charge in [0.1, 0.15) is 5.82 Å². The van der Waals surface area contributed by atoms with Crippen LogP contribution in [0.25, 0.3) is 5.52 Å². The van der Waals surface area contributed by atoms with Gasteiger partial charge in [0, 0.05) is 18.7 Å². The number of aromatic nitrogens is 2. The molecule has 80 valence electrons.